The van der Waals surface area contributed by atoms with Gasteiger partial charge in [-0.25, -0.2) is 0 Å². The van der Waals surface area contributed by atoms with Crippen LogP contribution in [0.15, 0.2) is 36.5 Å². The summed E-state index contributed by atoms with van der Waals surface area (Å²) in [6.07, 6.45) is 3.97. The van der Waals surface area contributed by atoms with Gasteiger partial charge in [0, 0.05) is 13.6 Å². The lowest BCUT2D eigenvalue weighted by atomic mass is 10.0. The standard InChI is InChI=1S/C16H19N5O2/c1-17-15(22)14-9-5-6-10-20(14)16(23)13-11-18-21(19-13)12-7-3-2-4-8-12/h2-4,7-8,11,14H,5-6,9-10H2,1H3,(H,17,22)/t14-/m1/s1. The second-order valence-electron chi connectivity index (χ2n) is 5.48. The van der Waals surface area contributed by atoms with Crippen molar-refractivity contribution in [3.8, 4) is 5.69 Å². The van der Waals surface area contributed by atoms with E-state index >= 15 is 0 Å². The molecule has 1 fully saturated rings. The Hall–Kier alpha value is -2.70. The molecule has 120 valence electrons. The molecule has 2 amide bonds. The smallest absolute Gasteiger partial charge is 0.276 e. The molecule has 0 spiro atoms. The fraction of sp³-hybridized carbons (Fsp3) is 0.375. The third-order valence-corrected chi connectivity index (χ3v) is 4.01. The van der Waals surface area contributed by atoms with E-state index in [-0.39, 0.29) is 17.5 Å². The van der Waals surface area contributed by atoms with Gasteiger partial charge in [0.05, 0.1) is 11.9 Å². The topological polar surface area (TPSA) is 80.1 Å². The van der Waals surface area contributed by atoms with Crippen molar-refractivity contribution in [2.24, 2.45) is 0 Å². The first-order chi connectivity index (χ1) is 11.2. The van der Waals surface area contributed by atoms with Gasteiger partial charge in [0.15, 0.2) is 5.69 Å². The molecular weight excluding hydrogens is 294 g/mol. The number of hydrogen-bond donors (Lipinski definition) is 1. The highest BCUT2D eigenvalue weighted by atomic mass is 16.2. The van der Waals surface area contributed by atoms with Crippen LogP contribution in [0.2, 0.25) is 0 Å². The average Bonchev–Trinajstić information content (AvgIpc) is 3.11. The lowest BCUT2D eigenvalue weighted by Crippen LogP contribution is -2.51. The number of carbonyl (C=O) groups is 2. The molecule has 2 heterocycles. The van der Waals surface area contributed by atoms with Gasteiger partial charge >= 0.3 is 0 Å². The van der Waals surface area contributed by atoms with Crippen LogP contribution in [-0.2, 0) is 4.79 Å². The molecule has 3 rings (SSSR count). The predicted molar refractivity (Wildman–Crippen MR) is 84.1 cm³/mol. The molecule has 1 aliphatic heterocycles. The van der Waals surface area contributed by atoms with E-state index in [9.17, 15) is 9.59 Å². The van der Waals surface area contributed by atoms with Gasteiger partial charge in [-0.3, -0.25) is 9.59 Å². The zero-order valence-electron chi connectivity index (χ0n) is 13.0. The van der Waals surface area contributed by atoms with Crippen LogP contribution in [0.3, 0.4) is 0 Å². The number of nitrogens with zero attached hydrogens (tertiary/aromatic N) is 4. The van der Waals surface area contributed by atoms with Crippen LogP contribution in [0.4, 0.5) is 0 Å². The van der Waals surface area contributed by atoms with Gasteiger partial charge in [-0.05, 0) is 31.4 Å². The number of para-hydroxylation sites is 1. The third kappa shape index (κ3) is 3.08. The van der Waals surface area contributed by atoms with E-state index in [0.29, 0.717) is 13.0 Å². The normalized spacial score (nSPS) is 17.8. The molecule has 23 heavy (non-hydrogen) atoms. The largest absolute Gasteiger partial charge is 0.357 e. The molecule has 2 aromatic rings. The molecule has 1 N–H and O–H groups in total. The number of piperidine rings is 1. The van der Waals surface area contributed by atoms with Gasteiger partial charge in [0.2, 0.25) is 5.91 Å². The molecule has 7 nitrogen and oxygen atoms in total. The highest BCUT2D eigenvalue weighted by Crippen LogP contribution is 2.19. The van der Waals surface area contributed by atoms with E-state index in [1.165, 1.54) is 11.0 Å². The number of rotatable bonds is 3. The minimum atomic E-state index is -0.428. The minimum Gasteiger partial charge on any atom is -0.357 e. The van der Waals surface area contributed by atoms with Crippen LogP contribution < -0.4 is 5.32 Å². The van der Waals surface area contributed by atoms with E-state index in [2.05, 4.69) is 15.5 Å². The maximum Gasteiger partial charge on any atom is 0.276 e. The Morgan fingerprint density at radius 3 is 2.74 bits per heavy atom. The summed E-state index contributed by atoms with van der Waals surface area (Å²) >= 11 is 0. The number of likely N-dealkylation sites (N-methyl/N-ethyl adjacent to an activating group) is 1. The summed E-state index contributed by atoms with van der Waals surface area (Å²) in [6, 6.07) is 8.97. The van der Waals surface area contributed by atoms with E-state index < -0.39 is 6.04 Å². The molecule has 1 aromatic heterocycles. The van der Waals surface area contributed by atoms with Crippen molar-refractivity contribution >= 4 is 11.8 Å². The van der Waals surface area contributed by atoms with Crippen LogP contribution in [-0.4, -0.2) is 51.3 Å². The highest BCUT2D eigenvalue weighted by molar-refractivity contribution is 5.96. The molecule has 1 atom stereocenters. The number of hydrogen-bond acceptors (Lipinski definition) is 4. The van der Waals surface area contributed by atoms with Crippen molar-refractivity contribution in [1.82, 2.24) is 25.2 Å². The van der Waals surface area contributed by atoms with Crippen molar-refractivity contribution in [3.63, 3.8) is 0 Å². The first-order valence-electron chi connectivity index (χ1n) is 7.71. The van der Waals surface area contributed by atoms with Crippen LogP contribution in [0, 0.1) is 0 Å². The second-order valence-corrected chi connectivity index (χ2v) is 5.48. The summed E-state index contributed by atoms with van der Waals surface area (Å²) < 4.78 is 0. The Morgan fingerprint density at radius 2 is 2.00 bits per heavy atom. The molecule has 1 saturated heterocycles. The number of carbonyl (C=O) groups excluding carboxylic acids is 2. The monoisotopic (exact) mass is 313 g/mol. The summed E-state index contributed by atoms with van der Waals surface area (Å²) in [4.78, 5) is 27.7. The van der Waals surface area contributed by atoms with Gasteiger partial charge in [0.1, 0.15) is 6.04 Å². The van der Waals surface area contributed by atoms with Crippen LogP contribution >= 0.6 is 0 Å². The van der Waals surface area contributed by atoms with Gasteiger partial charge in [0.25, 0.3) is 5.91 Å². The SMILES string of the molecule is CNC(=O)[C@H]1CCCCN1C(=O)c1cnn(-c2ccccc2)n1. The molecule has 0 bridgehead atoms. The Bertz CT molecular complexity index is 698. The average molecular weight is 313 g/mol. The van der Waals surface area contributed by atoms with Crippen LogP contribution in [0.25, 0.3) is 5.69 Å². The fourth-order valence-electron chi connectivity index (χ4n) is 2.81. The minimum absolute atomic E-state index is 0.131. The van der Waals surface area contributed by atoms with Gasteiger partial charge in [-0.15, -0.1) is 5.10 Å². The number of benzene rings is 1. The summed E-state index contributed by atoms with van der Waals surface area (Å²) in [5.74, 6) is -0.381. The molecule has 0 saturated carbocycles. The van der Waals surface area contributed by atoms with Crippen molar-refractivity contribution in [3.05, 3.63) is 42.2 Å². The fourth-order valence-corrected chi connectivity index (χ4v) is 2.81. The predicted octanol–water partition coefficient (Wildman–Crippen LogP) is 1.01. The zero-order valence-corrected chi connectivity index (χ0v) is 13.0. The van der Waals surface area contributed by atoms with Gasteiger partial charge in [-0.2, -0.15) is 9.90 Å². The number of aromatic nitrogens is 3. The quantitative estimate of drug-likeness (QED) is 0.917. The van der Waals surface area contributed by atoms with E-state index in [0.717, 1.165) is 18.5 Å². The Labute approximate surface area is 134 Å². The molecule has 1 aromatic carbocycles. The molecule has 1 aliphatic rings. The van der Waals surface area contributed by atoms with Crippen LogP contribution in [0.1, 0.15) is 29.8 Å². The van der Waals surface area contributed by atoms with Crippen molar-refractivity contribution in [1.29, 1.82) is 0 Å². The molecular formula is C16H19N5O2. The number of likely N-dealkylation sites (tertiary alicyclic amines) is 1. The third-order valence-electron chi connectivity index (χ3n) is 4.01. The van der Waals surface area contributed by atoms with E-state index in [1.807, 2.05) is 30.3 Å². The van der Waals surface area contributed by atoms with Crippen molar-refractivity contribution in [2.75, 3.05) is 13.6 Å². The Balaban J connectivity index is 1.82. The van der Waals surface area contributed by atoms with Crippen LogP contribution in [0.5, 0.6) is 0 Å². The lowest BCUT2D eigenvalue weighted by molar-refractivity contribution is -0.126. The lowest BCUT2D eigenvalue weighted by Gasteiger charge is -2.33. The molecule has 7 heteroatoms. The summed E-state index contributed by atoms with van der Waals surface area (Å²) in [6.45, 7) is 0.565. The van der Waals surface area contributed by atoms with Gasteiger partial charge in [-0.1, -0.05) is 18.2 Å². The first-order valence-corrected chi connectivity index (χ1v) is 7.71. The van der Waals surface area contributed by atoms with E-state index in [1.54, 1.807) is 11.9 Å². The van der Waals surface area contributed by atoms with Crippen molar-refractivity contribution in [2.45, 2.75) is 25.3 Å². The summed E-state index contributed by atoms with van der Waals surface area (Å²) in [7, 11) is 1.59. The first kappa shape index (κ1) is 15.2. The number of nitrogens with one attached hydrogen (secondary N) is 1. The zero-order chi connectivity index (χ0) is 16.2. The summed E-state index contributed by atoms with van der Waals surface area (Å²) in [5, 5.41) is 11.0. The Morgan fingerprint density at radius 1 is 1.22 bits per heavy atom. The molecule has 0 radical (unpaired) electrons. The van der Waals surface area contributed by atoms with Crippen molar-refractivity contribution < 1.29 is 9.59 Å². The Kier molecular flexibility index (Phi) is 4.36. The number of amides is 2. The molecule has 0 unspecified atom stereocenters. The van der Waals surface area contributed by atoms with E-state index in [4.69, 9.17) is 0 Å². The molecule has 0 aliphatic carbocycles. The maximum atomic E-state index is 12.7. The maximum absolute atomic E-state index is 12.7. The summed E-state index contributed by atoms with van der Waals surface area (Å²) in [5.41, 5.74) is 1.04. The highest BCUT2D eigenvalue weighted by Gasteiger charge is 2.33. The van der Waals surface area contributed by atoms with Gasteiger partial charge < -0.3 is 10.2 Å². The second kappa shape index (κ2) is 6.60.